The summed E-state index contributed by atoms with van der Waals surface area (Å²) >= 11 is 0. The third-order valence-corrected chi connectivity index (χ3v) is 12.9. The van der Waals surface area contributed by atoms with Crippen LogP contribution in [0.25, 0.3) is 0 Å². The molecule has 1 aromatic carbocycles. The molecule has 0 N–H and O–H groups in total. The summed E-state index contributed by atoms with van der Waals surface area (Å²) in [6, 6.07) is 10.4. The highest BCUT2D eigenvalue weighted by Crippen LogP contribution is 2.66. The second-order valence-corrected chi connectivity index (χ2v) is 24.7. The second-order valence-electron chi connectivity index (χ2n) is 15.8. The minimum atomic E-state index is -1.67. The lowest BCUT2D eigenvalue weighted by molar-refractivity contribution is -0.0417. The first-order valence-electron chi connectivity index (χ1n) is 16.0. The van der Waals surface area contributed by atoms with E-state index in [0.29, 0.717) is 30.7 Å². The number of rotatable bonds is 9. The average molecular weight is 582 g/mol. The van der Waals surface area contributed by atoms with Crippen LogP contribution in [0.15, 0.2) is 47.1 Å². The fourth-order valence-electron chi connectivity index (χ4n) is 9.02. The number of fused-ring (bicyclic) bond motifs is 5. The third-order valence-electron chi connectivity index (χ3n) is 10.9. The molecular formula is C34H55NO3Si2. The van der Waals surface area contributed by atoms with Crippen LogP contribution < -0.4 is 0 Å². The Morgan fingerprint density at radius 2 is 1.65 bits per heavy atom. The van der Waals surface area contributed by atoms with Crippen molar-refractivity contribution in [1.82, 2.24) is 0 Å². The van der Waals surface area contributed by atoms with E-state index in [0.717, 1.165) is 35.4 Å². The summed E-state index contributed by atoms with van der Waals surface area (Å²) in [5.41, 5.74) is 4.68. The molecule has 6 heteroatoms. The summed E-state index contributed by atoms with van der Waals surface area (Å²) in [5.74, 6) is 2.80. The van der Waals surface area contributed by atoms with Gasteiger partial charge in [-0.1, -0.05) is 61.0 Å². The molecular weight excluding hydrogens is 527 g/mol. The number of hydrogen-bond acceptors (Lipinski definition) is 4. The molecule has 3 saturated carbocycles. The van der Waals surface area contributed by atoms with Crippen molar-refractivity contribution < 1.29 is 13.7 Å². The maximum atomic E-state index is 6.61. The Morgan fingerprint density at radius 1 is 0.900 bits per heavy atom. The molecule has 5 rings (SSSR count). The molecule has 0 radical (unpaired) electrons. The molecule has 0 heterocycles. The van der Waals surface area contributed by atoms with Crippen molar-refractivity contribution in [3.05, 3.63) is 47.5 Å². The van der Waals surface area contributed by atoms with Gasteiger partial charge in [0.25, 0.3) is 0 Å². The van der Waals surface area contributed by atoms with E-state index in [-0.39, 0.29) is 5.41 Å². The fraction of sp³-hybridized carbons (Fsp3) is 0.735. The molecule has 3 fully saturated rings. The molecule has 1 aromatic rings. The van der Waals surface area contributed by atoms with Gasteiger partial charge in [-0.15, -0.1) is 0 Å². The van der Waals surface area contributed by atoms with Crippen LogP contribution in [-0.2, 0) is 20.3 Å². The minimum Gasteiger partial charge on any atom is -0.414 e. The van der Waals surface area contributed by atoms with Crippen LogP contribution in [0.4, 0.5) is 0 Å². The standard InChI is InChI=1S/C34H55NO3Si2/c1-33-20-18-27(38-40(6,7)8)22-26(33)14-15-28-29-16-17-31(34(29,2)21-19-30(28)33)32(24-37-39(3,4)5)35-36-23-25-12-10-9-11-13-25/h9-14,27-31H,15-24H2,1-8H3/b35-32+. The minimum absolute atomic E-state index is 0.277. The van der Waals surface area contributed by atoms with Crippen molar-refractivity contribution in [2.24, 2.45) is 39.7 Å². The molecule has 0 spiro atoms. The van der Waals surface area contributed by atoms with Crippen molar-refractivity contribution in [2.45, 2.75) is 117 Å². The summed E-state index contributed by atoms with van der Waals surface area (Å²) in [6.07, 6.45) is 13.2. The molecule has 222 valence electrons. The molecule has 0 aliphatic heterocycles. The number of hydrogen-bond donors (Lipinski definition) is 0. The third kappa shape index (κ3) is 6.40. The van der Waals surface area contributed by atoms with Crippen molar-refractivity contribution in [3.8, 4) is 0 Å². The fourth-order valence-corrected chi connectivity index (χ4v) is 10.8. The molecule has 7 atom stereocenters. The highest BCUT2D eigenvalue weighted by molar-refractivity contribution is 6.70. The number of allylic oxidation sites excluding steroid dienone is 1. The van der Waals surface area contributed by atoms with Crippen LogP contribution >= 0.6 is 0 Å². The van der Waals surface area contributed by atoms with Gasteiger partial charge in [0.2, 0.25) is 0 Å². The SMILES string of the molecule is CC12CCC(O[Si](C)(C)C)CC1=CCC1C2CCC2(C)C(/C(CO[Si](C)(C)C)=N/OCc3ccccc3)CCC12. The first-order chi connectivity index (χ1) is 18.8. The van der Waals surface area contributed by atoms with E-state index in [1.807, 2.05) is 6.07 Å². The normalized spacial score (nSPS) is 36.4. The van der Waals surface area contributed by atoms with Crippen molar-refractivity contribution in [1.29, 1.82) is 0 Å². The van der Waals surface area contributed by atoms with Crippen molar-refractivity contribution >= 4 is 22.3 Å². The number of oxime groups is 1. The van der Waals surface area contributed by atoms with Crippen LogP contribution in [0.3, 0.4) is 0 Å². The van der Waals surface area contributed by atoms with E-state index in [1.54, 1.807) is 5.57 Å². The van der Waals surface area contributed by atoms with Gasteiger partial charge in [0.05, 0.1) is 12.3 Å². The maximum Gasteiger partial charge on any atom is 0.184 e. The summed E-state index contributed by atoms with van der Waals surface area (Å²) in [7, 11) is -3.18. The van der Waals surface area contributed by atoms with E-state index in [4.69, 9.17) is 18.8 Å². The summed E-state index contributed by atoms with van der Waals surface area (Å²) in [5, 5.41) is 4.85. The van der Waals surface area contributed by atoms with Gasteiger partial charge in [-0.3, -0.25) is 0 Å². The Bertz CT molecular complexity index is 1090. The monoisotopic (exact) mass is 581 g/mol. The van der Waals surface area contributed by atoms with Crippen LogP contribution in [0.5, 0.6) is 0 Å². The zero-order valence-electron chi connectivity index (χ0n) is 26.6. The Labute approximate surface area is 246 Å². The first-order valence-corrected chi connectivity index (χ1v) is 22.8. The van der Waals surface area contributed by atoms with Gasteiger partial charge < -0.3 is 13.7 Å². The lowest BCUT2D eigenvalue weighted by atomic mass is 9.47. The van der Waals surface area contributed by atoms with E-state index in [9.17, 15) is 0 Å². The van der Waals surface area contributed by atoms with Crippen LogP contribution in [-0.4, -0.2) is 35.1 Å². The van der Waals surface area contributed by atoms with E-state index in [2.05, 4.69) is 83.5 Å². The predicted octanol–water partition coefficient (Wildman–Crippen LogP) is 9.21. The van der Waals surface area contributed by atoms with E-state index in [1.165, 1.54) is 44.9 Å². The Balaban J connectivity index is 1.34. The second kappa shape index (κ2) is 11.5. The van der Waals surface area contributed by atoms with Gasteiger partial charge in [0, 0.05) is 12.0 Å². The quantitative estimate of drug-likeness (QED) is 0.126. The highest BCUT2D eigenvalue weighted by atomic mass is 28.4. The summed E-state index contributed by atoms with van der Waals surface area (Å²) in [6.45, 7) is 20.2. The van der Waals surface area contributed by atoms with Gasteiger partial charge >= 0.3 is 0 Å². The topological polar surface area (TPSA) is 40.0 Å². The molecule has 0 saturated heterocycles. The van der Waals surface area contributed by atoms with Crippen LogP contribution in [0.2, 0.25) is 39.3 Å². The van der Waals surface area contributed by atoms with Gasteiger partial charge in [0.1, 0.15) is 6.61 Å². The Morgan fingerprint density at radius 3 is 2.35 bits per heavy atom. The van der Waals surface area contributed by atoms with E-state index < -0.39 is 16.6 Å². The molecule has 40 heavy (non-hydrogen) atoms. The zero-order chi connectivity index (χ0) is 28.8. The predicted molar refractivity (Wildman–Crippen MR) is 171 cm³/mol. The van der Waals surface area contributed by atoms with Crippen LogP contribution in [0, 0.1) is 34.5 Å². The zero-order valence-corrected chi connectivity index (χ0v) is 28.6. The van der Waals surface area contributed by atoms with Gasteiger partial charge in [-0.2, -0.15) is 0 Å². The number of nitrogens with zero attached hydrogens (tertiary/aromatic N) is 1. The first kappa shape index (κ1) is 30.2. The van der Waals surface area contributed by atoms with E-state index >= 15 is 0 Å². The summed E-state index contributed by atoms with van der Waals surface area (Å²) < 4.78 is 13.1. The van der Waals surface area contributed by atoms with Gasteiger partial charge in [0.15, 0.2) is 16.6 Å². The van der Waals surface area contributed by atoms with Gasteiger partial charge in [-0.25, -0.2) is 0 Å². The Kier molecular flexibility index (Phi) is 8.67. The average Bonchev–Trinajstić information content (AvgIpc) is 3.22. The largest absolute Gasteiger partial charge is 0.414 e. The molecule has 0 aromatic heterocycles. The smallest absolute Gasteiger partial charge is 0.184 e. The van der Waals surface area contributed by atoms with Crippen LogP contribution in [0.1, 0.15) is 70.8 Å². The van der Waals surface area contributed by atoms with Crippen molar-refractivity contribution in [3.63, 3.8) is 0 Å². The molecule has 4 aliphatic rings. The molecule has 0 bridgehead atoms. The van der Waals surface area contributed by atoms with Gasteiger partial charge in [-0.05, 0) is 125 Å². The molecule has 4 nitrogen and oxygen atoms in total. The lowest BCUT2D eigenvalue weighted by Crippen LogP contribution is -2.51. The maximum absolute atomic E-state index is 6.61. The molecule has 7 unspecified atom stereocenters. The molecule has 4 aliphatic carbocycles. The number of benzene rings is 1. The lowest BCUT2D eigenvalue weighted by Gasteiger charge is -2.58. The van der Waals surface area contributed by atoms with Crippen molar-refractivity contribution in [2.75, 3.05) is 6.61 Å². The highest BCUT2D eigenvalue weighted by Gasteiger charge is 2.59. The molecule has 0 amide bonds. The Hall–Kier alpha value is -1.22. The summed E-state index contributed by atoms with van der Waals surface area (Å²) in [4.78, 5) is 6.03.